The third kappa shape index (κ3) is 2.73. The van der Waals surface area contributed by atoms with Crippen LogP contribution in [0.5, 0.6) is 0 Å². The number of rotatable bonds is 1. The van der Waals surface area contributed by atoms with Crippen molar-refractivity contribution in [3.63, 3.8) is 0 Å². The predicted octanol–water partition coefficient (Wildman–Crippen LogP) is 4.49. The summed E-state index contributed by atoms with van der Waals surface area (Å²) in [5, 5.41) is -0.805. The molecule has 17 heavy (non-hydrogen) atoms. The van der Waals surface area contributed by atoms with Gasteiger partial charge in [0, 0.05) is 10.0 Å². The Labute approximate surface area is 114 Å². The minimum absolute atomic E-state index is 0.0570. The Hall–Kier alpha value is -0.780. The van der Waals surface area contributed by atoms with E-state index in [1.807, 2.05) is 0 Å². The van der Waals surface area contributed by atoms with E-state index in [9.17, 15) is 8.78 Å². The van der Waals surface area contributed by atoms with Gasteiger partial charge in [-0.25, -0.2) is 18.7 Å². The van der Waals surface area contributed by atoms with Gasteiger partial charge < -0.3 is 0 Å². The number of hydrogen-bond donors (Lipinski definition) is 0. The van der Waals surface area contributed by atoms with Crippen molar-refractivity contribution < 1.29 is 8.78 Å². The second kappa shape index (κ2) is 4.84. The fourth-order valence-corrected chi connectivity index (χ4v) is 2.06. The minimum Gasteiger partial charge on any atom is -0.213 e. The molecule has 0 bridgehead atoms. The molecule has 1 aromatic heterocycles. The molecule has 0 N–H and O–H groups in total. The second-order valence-electron chi connectivity index (χ2n) is 3.10. The van der Waals surface area contributed by atoms with Crippen LogP contribution in [-0.2, 0) is 0 Å². The average molecular weight is 340 g/mol. The molecule has 0 saturated heterocycles. The second-order valence-corrected chi connectivity index (χ2v) is 4.73. The fourth-order valence-electron chi connectivity index (χ4n) is 1.21. The molecule has 1 aromatic carbocycles. The van der Waals surface area contributed by atoms with E-state index in [0.717, 1.165) is 0 Å². The van der Waals surface area contributed by atoms with Crippen LogP contribution in [0.2, 0.25) is 10.3 Å². The van der Waals surface area contributed by atoms with Gasteiger partial charge in [0.05, 0.1) is 0 Å². The molecule has 0 saturated carbocycles. The number of benzene rings is 1. The number of aromatic nitrogens is 2. The van der Waals surface area contributed by atoms with Crippen LogP contribution in [0.3, 0.4) is 0 Å². The van der Waals surface area contributed by atoms with Crippen molar-refractivity contribution in [3.05, 3.63) is 44.6 Å². The van der Waals surface area contributed by atoms with Crippen molar-refractivity contribution in [2.45, 2.75) is 0 Å². The molecule has 0 aliphatic rings. The summed E-state index contributed by atoms with van der Waals surface area (Å²) in [6, 6.07) is 4.05. The highest BCUT2D eigenvalue weighted by molar-refractivity contribution is 9.10. The molecule has 2 rings (SSSR count). The zero-order valence-corrected chi connectivity index (χ0v) is 11.1. The van der Waals surface area contributed by atoms with Crippen LogP contribution in [-0.4, -0.2) is 9.97 Å². The van der Waals surface area contributed by atoms with E-state index in [-0.39, 0.29) is 5.82 Å². The zero-order chi connectivity index (χ0) is 12.6. The maximum absolute atomic E-state index is 13.2. The van der Waals surface area contributed by atoms with Crippen molar-refractivity contribution in [3.8, 4) is 11.4 Å². The van der Waals surface area contributed by atoms with Crippen LogP contribution < -0.4 is 0 Å². The third-order valence-electron chi connectivity index (χ3n) is 1.89. The maximum Gasteiger partial charge on any atom is 0.197 e. The first-order chi connectivity index (χ1) is 7.97. The van der Waals surface area contributed by atoms with E-state index >= 15 is 0 Å². The lowest BCUT2D eigenvalue weighted by molar-refractivity contribution is 0.615. The van der Waals surface area contributed by atoms with Gasteiger partial charge in [0.2, 0.25) is 0 Å². The summed E-state index contributed by atoms with van der Waals surface area (Å²) in [5.74, 6) is -1.32. The minimum atomic E-state index is -0.896. The van der Waals surface area contributed by atoms with E-state index < -0.39 is 21.9 Å². The summed E-state index contributed by atoms with van der Waals surface area (Å²) >= 11 is 14.2. The molecule has 0 atom stereocenters. The van der Waals surface area contributed by atoms with E-state index in [0.29, 0.717) is 10.0 Å². The highest BCUT2D eigenvalue weighted by Gasteiger charge is 2.13. The van der Waals surface area contributed by atoms with Crippen molar-refractivity contribution in [2.75, 3.05) is 0 Å². The van der Waals surface area contributed by atoms with Gasteiger partial charge in [-0.15, -0.1) is 0 Å². The molecule has 2 aromatic rings. The lowest BCUT2D eigenvalue weighted by Crippen LogP contribution is -1.95. The number of nitrogens with zero attached hydrogens (tertiary/aromatic N) is 2. The van der Waals surface area contributed by atoms with Crippen LogP contribution in [0, 0.1) is 11.6 Å². The molecule has 0 spiro atoms. The Morgan fingerprint density at radius 1 is 1.00 bits per heavy atom. The summed E-state index contributed by atoms with van der Waals surface area (Å²) in [4.78, 5) is 7.39. The number of hydrogen-bond acceptors (Lipinski definition) is 2. The van der Waals surface area contributed by atoms with E-state index in [1.54, 1.807) is 6.07 Å². The topological polar surface area (TPSA) is 25.8 Å². The van der Waals surface area contributed by atoms with Gasteiger partial charge in [0.25, 0.3) is 0 Å². The summed E-state index contributed by atoms with van der Waals surface area (Å²) in [6.07, 6.45) is 0. The molecule has 88 valence electrons. The Bertz CT molecular complexity index is 549. The lowest BCUT2D eigenvalue weighted by atomic mass is 10.2. The molecule has 0 radical (unpaired) electrons. The van der Waals surface area contributed by atoms with E-state index in [4.69, 9.17) is 23.2 Å². The Balaban J connectivity index is 2.60. The van der Waals surface area contributed by atoms with Crippen molar-refractivity contribution in [1.82, 2.24) is 9.97 Å². The largest absolute Gasteiger partial charge is 0.213 e. The van der Waals surface area contributed by atoms with Crippen LogP contribution in [0.1, 0.15) is 0 Å². The summed E-state index contributed by atoms with van der Waals surface area (Å²) in [6.45, 7) is 0. The SMILES string of the molecule is Fc1cc(Br)cc(-c2nc(Cl)c(F)c(Cl)n2)c1. The first-order valence-corrected chi connectivity index (χ1v) is 5.87. The molecular formula is C10H3BrCl2F2N2. The van der Waals surface area contributed by atoms with Crippen LogP contribution in [0.25, 0.3) is 11.4 Å². The standard InChI is InChI=1S/C10H3BrCl2F2N2/c11-5-1-4(2-6(14)3-5)10-16-8(12)7(15)9(13)17-10/h1-3H. The molecule has 1 heterocycles. The van der Waals surface area contributed by atoms with Gasteiger partial charge >= 0.3 is 0 Å². The molecule has 0 amide bonds. The lowest BCUT2D eigenvalue weighted by Gasteiger charge is -2.03. The van der Waals surface area contributed by atoms with Crippen LogP contribution >= 0.6 is 39.1 Å². The molecular weight excluding hydrogens is 337 g/mol. The first-order valence-electron chi connectivity index (χ1n) is 4.32. The Morgan fingerprint density at radius 3 is 2.12 bits per heavy atom. The third-order valence-corrected chi connectivity index (χ3v) is 2.85. The smallest absolute Gasteiger partial charge is 0.197 e. The van der Waals surface area contributed by atoms with Gasteiger partial charge in [-0.1, -0.05) is 39.1 Å². The Kier molecular flexibility index (Phi) is 3.61. The van der Waals surface area contributed by atoms with Crippen molar-refractivity contribution in [1.29, 1.82) is 0 Å². The Morgan fingerprint density at radius 2 is 1.59 bits per heavy atom. The summed E-state index contributed by atoms with van der Waals surface area (Å²) in [7, 11) is 0. The van der Waals surface area contributed by atoms with Gasteiger partial charge in [0.15, 0.2) is 21.9 Å². The van der Waals surface area contributed by atoms with Crippen molar-refractivity contribution in [2.24, 2.45) is 0 Å². The average Bonchev–Trinajstić information content (AvgIpc) is 2.23. The van der Waals surface area contributed by atoms with Crippen LogP contribution in [0.15, 0.2) is 22.7 Å². The zero-order valence-electron chi connectivity index (χ0n) is 8.02. The molecule has 0 aliphatic carbocycles. The van der Waals surface area contributed by atoms with Crippen LogP contribution in [0.4, 0.5) is 8.78 Å². The van der Waals surface area contributed by atoms with E-state index in [2.05, 4.69) is 25.9 Å². The van der Waals surface area contributed by atoms with Gasteiger partial charge in [-0.05, 0) is 18.2 Å². The van der Waals surface area contributed by atoms with Crippen molar-refractivity contribution >= 4 is 39.1 Å². The monoisotopic (exact) mass is 338 g/mol. The normalized spacial score (nSPS) is 10.6. The fraction of sp³-hybridized carbons (Fsp3) is 0. The molecule has 0 aliphatic heterocycles. The molecule has 0 fully saturated rings. The van der Waals surface area contributed by atoms with E-state index in [1.165, 1.54) is 12.1 Å². The predicted molar refractivity (Wildman–Crippen MR) is 65.1 cm³/mol. The van der Waals surface area contributed by atoms with Gasteiger partial charge in [-0.3, -0.25) is 0 Å². The highest BCUT2D eigenvalue weighted by Crippen LogP contribution is 2.26. The van der Waals surface area contributed by atoms with Gasteiger partial charge in [-0.2, -0.15) is 0 Å². The highest BCUT2D eigenvalue weighted by atomic mass is 79.9. The quantitative estimate of drug-likeness (QED) is 0.715. The maximum atomic E-state index is 13.2. The van der Waals surface area contributed by atoms with Gasteiger partial charge in [0.1, 0.15) is 5.82 Å². The molecule has 7 heteroatoms. The molecule has 2 nitrogen and oxygen atoms in total. The number of halogens is 5. The first kappa shape index (κ1) is 12.7. The summed E-state index contributed by atoms with van der Waals surface area (Å²) < 4.78 is 26.8. The summed E-state index contributed by atoms with van der Waals surface area (Å²) in [5.41, 5.74) is 0.348. The molecule has 0 unspecified atom stereocenters.